The van der Waals surface area contributed by atoms with E-state index in [0.29, 0.717) is 0 Å². The molecule has 0 bridgehead atoms. The van der Waals surface area contributed by atoms with Gasteiger partial charge in [0.15, 0.2) is 11.6 Å². The molecule has 1 aliphatic carbocycles. The third-order valence-electron chi connectivity index (χ3n) is 6.07. The minimum absolute atomic E-state index is 0.0272. The summed E-state index contributed by atoms with van der Waals surface area (Å²) in [5.74, 6) is -22.0. The Morgan fingerprint density at radius 1 is 0.825 bits per heavy atom. The number of tetrazole rings is 1. The molecule has 3 aromatic rings. The van der Waals surface area contributed by atoms with Gasteiger partial charge in [-0.1, -0.05) is 24.3 Å². The average Bonchev–Trinajstić information content (AvgIpc) is 3.34. The Hall–Kier alpha value is -4.69. The molecular formula is C22H12F9N7O2. The zero-order valence-electron chi connectivity index (χ0n) is 19.3. The number of nitriles is 1. The molecule has 0 spiro atoms. The largest absolute Gasteiger partial charge is 0.460 e. The van der Waals surface area contributed by atoms with Gasteiger partial charge in [0.25, 0.3) is 0 Å². The SMILES string of the molecule is N#Cc1c(N)c2c(c(N)c1-c1nnn(CCC(F)(F)C(F)(F)C(F)(F)C(F)(F)F)n1)C(=O)c1ccccc1C2=O. The average molecular weight is 577 g/mol. The lowest BCUT2D eigenvalue weighted by molar-refractivity contribution is -0.397. The van der Waals surface area contributed by atoms with Crippen LogP contribution in [0.4, 0.5) is 50.9 Å². The fraction of sp³-hybridized carbons (Fsp3) is 0.273. The van der Waals surface area contributed by atoms with Crippen molar-refractivity contribution in [2.75, 3.05) is 11.5 Å². The van der Waals surface area contributed by atoms with E-state index in [0.717, 1.165) is 0 Å². The van der Waals surface area contributed by atoms with Gasteiger partial charge in [-0.05, 0) is 5.21 Å². The van der Waals surface area contributed by atoms with Crippen molar-refractivity contribution in [3.8, 4) is 17.5 Å². The van der Waals surface area contributed by atoms with Crippen molar-refractivity contribution in [1.82, 2.24) is 20.2 Å². The number of hydrogen-bond donors (Lipinski definition) is 2. The number of nitrogens with two attached hydrogens (primary N) is 2. The van der Waals surface area contributed by atoms with Gasteiger partial charge in [-0.25, -0.2) is 0 Å². The highest BCUT2D eigenvalue weighted by molar-refractivity contribution is 6.32. The molecule has 0 saturated carbocycles. The number of rotatable bonds is 6. The third-order valence-corrected chi connectivity index (χ3v) is 6.07. The summed E-state index contributed by atoms with van der Waals surface area (Å²) in [4.78, 5) is 26.3. The molecule has 0 atom stereocenters. The van der Waals surface area contributed by atoms with Gasteiger partial charge in [0, 0.05) is 17.5 Å². The number of benzene rings is 2. The Morgan fingerprint density at radius 2 is 1.35 bits per heavy atom. The van der Waals surface area contributed by atoms with Crippen LogP contribution in [0.1, 0.15) is 43.8 Å². The summed E-state index contributed by atoms with van der Waals surface area (Å²) >= 11 is 0. The summed E-state index contributed by atoms with van der Waals surface area (Å²) in [6.45, 7) is -1.45. The molecule has 0 saturated heterocycles. The number of nitrogen functional groups attached to an aromatic ring is 2. The molecule has 1 heterocycles. The maximum Gasteiger partial charge on any atom is 0.460 e. The van der Waals surface area contributed by atoms with E-state index in [4.69, 9.17) is 11.5 Å². The Morgan fingerprint density at radius 3 is 1.85 bits per heavy atom. The van der Waals surface area contributed by atoms with Gasteiger partial charge >= 0.3 is 23.9 Å². The Labute approximate surface area is 216 Å². The van der Waals surface area contributed by atoms with Crippen LogP contribution in [0.5, 0.6) is 0 Å². The smallest absolute Gasteiger partial charge is 0.397 e. The monoisotopic (exact) mass is 577 g/mol. The lowest BCUT2D eigenvalue weighted by Crippen LogP contribution is -2.61. The minimum Gasteiger partial charge on any atom is -0.397 e. The zero-order valence-corrected chi connectivity index (χ0v) is 19.3. The van der Waals surface area contributed by atoms with Gasteiger partial charge in [0.2, 0.25) is 5.82 Å². The Bertz CT molecular complexity index is 1610. The van der Waals surface area contributed by atoms with Crippen molar-refractivity contribution in [3.05, 3.63) is 52.1 Å². The molecule has 1 aromatic heterocycles. The van der Waals surface area contributed by atoms with Crippen LogP contribution < -0.4 is 11.5 Å². The van der Waals surface area contributed by atoms with E-state index in [9.17, 15) is 54.4 Å². The second kappa shape index (κ2) is 8.93. The highest BCUT2D eigenvalue weighted by Gasteiger charge is 2.81. The molecule has 0 radical (unpaired) electrons. The first-order chi connectivity index (χ1) is 18.4. The van der Waals surface area contributed by atoms with Crippen LogP contribution in [0.25, 0.3) is 11.4 Å². The van der Waals surface area contributed by atoms with E-state index in [1.807, 2.05) is 0 Å². The number of alkyl halides is 9. The number of ketones is 2. The van der Waals surface area contributed by atoms with Crippen LogP contribution in [0, 0.1) is 11.3 Å². The van der Waals surface area contributed by atoms with Gasteiger partial charge in [-0.2, -0.15) is 49.6 Å². The van der Waals surface area contributed by atoms with E-state index in [-0.39, 0.29) is 15.9 Å². The summed E-state index contributed by atoms with van der Waals surface area (Å²) < 4.78 is 118. The zero-order chi connectivity index (χ0) is 30.0. The number of aromatic nitrogens is 4. The molecule has 4 rings (SSSR count). The molecule has 9 nitrogen and oxygen atoms in total. The predicted octanol–water partition coefficient (Wildman–Crippen LogP) is 4.01. The van der Waals surface area contributed by atoms with Crippen LogP contribution in [0.15, 0.2) is 24.3 Å². The standard InChI is InChI=1S/C22H12F9N7O2/c23-19(24,20(25,26)21(27,28)22(29,30)31)5-6-38-36-18(35-37-38)11-10(7-32)14(33)12-13(15(11)34)17(40)9-4-2-1-3-8(9)16(12)39/h1-4H,5-6,33-34H2. The topological polar surface area (TPSA) is 154 Å². The highest BCUT2D eigenvalue weighted by atomic mass is 19.4. The number of anilines is 2. The summed E-state index contributed by atoms with van der Waals surface area (Å²) in [5, 5.41) is 19.9. The van der Waals surface area contributed by atoms with Gasteiger partial charge in [0.1, 0.15) is 6.07 Å². The van der Waals surface area contributed by atoms with Crippen molar-refractivity contribution < 1.29 is 49.1 Å². The molecule has 0 aliphatic heterocycles. The highest BCUT2D eigenvalue weighted by Crippen LogP contribution is 2.54. The summed E-state index contributed by atoms with van der Waals surface area (Å²) in [5.41, 5.74) is 9.05. The summed E-state index contributed by atoms with van der Waals surface area (Å²) in [6.07, 6.45) is -9.27. The lowest BCUT2D eigenvalue weighted by atomic mass is 9.79. The molecule has 0 fully saturated rings. The first-order valence-electron chi connectivity index (χ1n) is 10.7. The van der Waals surface area contributed by atoms with Gasteiger partial charge in [-0.15, -0.1) is 10.2 Å². The van der Waals surface area contributed by atoms with Crippen LogP contribution in [0.2, 0.25) is 0 Å². The number of carbonyl (C=O) groups is 2. The molecule has 4 N–H and O–H groups in total. The minimum atomic E-state index is -7.07. The van der Waals surface area contributed by atoms with Crippen molar-refractivity contribution in [2.45, 2.75) is 36.9 Å². The quantitative estimate of drug-likeness (QED) is 0.258. The van der Waals surface area contributed by atoms with Gasteiger partial charge in [0.05, 0.1) is 40.2 Å². The van der Waals surface area contributed by atoms with E-state index in [2.05, 4.69) is 15.4 Å². The van der Waals surface area contributed by atoms with E-state index in [1.54, 1.807) is 6.07 Å². The van der Waals surface area contributed by atoms with Crippen LogP contribution in [-0.2, 0) is 6.54 Å². The van der Waals surface area contributed by atoms with Crippen LogP contribution >= 0.6 is 0 Å². The van der Waals surface area contributed by atoms with Crippen molar-refractivity contribution in [1.29, 1.82) is 5.26 Å². The molecular weight excluding hydrogens is 565 g/mol. The number of fused-ring (bicyclic) bond motifs is 2. The lowest BCUT2D eigenvalue weighted by Gasteiger charge is -2.33. The Kier molecular flexibility index (Phi) is 6.32. The number of aryl methyl sites for hydroxylation is 1. The normalized spacial score (nSPS) is 14.1. The third kappa shape index (κ3) is 3.91. The van der Waals surface area contributed by atoms with Crippen molar-refractivity contribution in [3.63, 3.8) is 0 Å². The Balaban J connectivity index is 1.72. The molecule has 2 aromatic carbocycles. The first kappa shape index (κ1) is 28.3. The summed E-state index contributed by atoms with van der Waals surface area (Å²) in [7, 11) is 0. The van der Waals surface area contributed by atoms with Crippen LogP contribution in [-0.4, -0.2) is 55.7 Å². The van der Waals surface area contributed by atoms with E-state index >= 15 is 0 Å². The number of carbonyl (C=O) groups excluding carboxylic acids is 2. The molecule has 0 amide bonds. The molecule has 40 heavy (non-hydrogen) atoms. The van der Waals surface area contributed by atoms with E-state index in [1.165, 1.54) is 24.3 Å². The summed E-state index contributed by atoms with van der Waals surface area (Å²) in [6, 6.07) is 7.22. The molecule has 0 unspecified atom stereocenters. The second-order valence-corrected chi connectivity index (χ2v) is 8.45. The van der Waals surface area contributed by atoms with Crippen molar-refractivity contribution in [2.24, 2.45) is 0 Å². The van der Waals surface area contributed by atoms with Gasteiger partial charge in [-0.3, -0.25) is 9.59 Å². The number of hydrogen-bond acceptors (Lipinski definition) is 8. The number of nitrogens with zero attached hydrogens (tertiary/aromatic N) is 5. The fourth-order valence-corrected chi connectivity index (χ4v) is 4.00. The maximum atomic E-state index is 13.9. The molecule has 210 valence electrons. The number of halogens is 9. The predicted molar refractivity (Wildman–Crippen MR) is 116 cm³/mol. The van der Waals surface area contributed by atoms with Crippen molar-refractivity contribution >= 4 is 22.9 Å². The molecule has 18 heteroatoms. The first-order valence-corrected chi connectivity index (χ1v) is 10.7. The maximum absolute atomic E-state index is 13.9. The van der Waals surface area contributed by atoms with Gasteiger partial charge < -0.3 is 11.5 Å². The molecule has 1 aliphatic rings. The fourth-order valence-electron chi connectivity index (χ4n) is 4.00. The van der Waals surface area contributed by atoms with Crippen LogP contribution in [0.3, 0.4) is 0 Å². The second-order valence-electron chi connectivity index (χ2n) is 8.45. The van der Waals surface area contributed by atoms with E-state index < -0.39 is 87.9 Å².